The van der Waals surface area contributed by atoms with Crippen molar-refractivity contribution in [2.75, 3.05) is 26.2 Å². The van der Waals surface area contributed by atoms with Gasteiger partial charge in [-0.2, -0.15) is 0 Å². The standard InChI is InChI=1S/C16H28N2S/c1-3-5-7-15(16-9-8-14(4-2)19-16)18-12-6-10-17-11-13-18/h8-9,15,17H,3-7,10-13H2,1-2H3. The summed E-state index contributed by atoms with van der Waals surface area (Å²) in [5.41, 5.74) is 0. The molecule has 0 bridgehead atoms. The van der Waals surface area contributed by atoms with E-state index in [1.165, 1.54) is 56.6 Å². The van der Waals surface area contributed by atoms with Gasteiger partial charge in [0.05, 0.1) is 0 Å². The van der Waals surface area contributed by atoms with Gasteiger partial charge in [0.15, 0.2) is 0 Å². The molecule has 2 rings (SSSR count). The second-order valence-corrected chi connectivity index (χ2v) is 6.66. The zero-order valence-corrected chi connectivity index (χ0v) is 13.3. The Morgan fingerprint density at radius 2 is 2.16 bits per heavy atom. The number of nitrogens with one attached hydrogen (secondary N) is 1. The Morgan fingerprint density at radius 1 is 1.26 bits per heavy atom. The fourth-order valence-electron chi connectivity index (χ4n) is 2.84. The van der Waals surface area contributed by atoms with E-state index in [1.54, 1.807) is 4.88 Å². The molecular weight excluding hydrogens is 252 g/mol. The van der Waals surface area contributed by atoms with E-state index in [4.69, 9.17) is 0 Å². The second kappa shape index (κ2) is 8.03. The number of aryl methyl sites for hydroxylation is 1. The molecule has 1 aliphatic heterocycles. The minimum absolute atomic E-state index is 0.658. The number of thiophene rings is 1. The molecule has 2 heterocycles. The Kier molecular flexibility index (Phi) is 6.35. The van der Waals surface area contributed by atoms with E-state index in [2.05, 4.69) is 36.2 Å². The molecular formula is C16H28N2S. The third-order valence-corrected chi connectivity index (χ3v) is 5.34. The maximum atomic E-state index is 3.52. The van der Waals surface area contributed by atoms with Crippen LogP contribution in [-0.4, -0.2) is 31.1 Å². The number of rotatable bonds is 6. The fraction of sp³-hybridized carbons (Fsp3) is 0.750. The van der Waals surface area contributed by atoms with E-state index in [9.17, 15) is 0 Å². The van der Waals surface area contributed by atoms with Crippen LogP contribution in [0.2, 0.25) is 0 Å². The van der Waals surface area contributed by atoms with E-state index in [1.807, 2.05) is 11.3 Å². The highest BCUT2D eigenvalue weighted by Gasteiger charge is 2.22. The third-order valence-electron chi connectivity index (χ3n) is 4.01. The lowest BCUT2D eigenvalue weighted by Crippen LogP contribution is -2.32. The summed E-state index contributed by atoms with van der Waals surface area (Å²) < 4.78 is 0. The second-order valence-electron chi connectivity index (χ2n) is 5.46. The first-order valence-corrected chi connectivity index (χ1v) is 8.70. The first-order chi connectivity index (χ1) is 9.35. The molecule has 0 radical (unpaired) electrons. The van der Waals surface area contributed by atoms with Gasteiger partial charge in [0.25, 0.3) is 0 Å². The lowest BCUT2D eigenvalue weighted by atomic mass is 10.1. The minimum Gasteiger partial charge on any atom is -0.315 e. The van der Waals surface area contributed by atoms with Gasteiger partial charge in [-0.1, -0.05) is 26.7 Å². The Hall–Kier alpha value is -0.380. The van der Waals surface area contributed by atoms with Crippen molar-refractivity contribution < 1.29 is 0 Å². The van der Waals surface area contributed by atoms with Gasteiger partial charge >= 0.3 is 0 Å². The molecule has 3 heteroatoms. The van der Waals surface area contributed by atoms with Gasteiger partial charge in [-0.05, 0) is 37.9 Å². The molecule has 0 saturated carbocycles. The van der Waals surface area contributed by atoms with Gasteiger partial charge in [-0.25, -0.2) is 0 Å². The van der Waals surface area contributed by atoms with Crippen molar-refractivity contribution in [3.05, 3.63) is 21.9 Å². The number of hydrogen-bond donors (Lipinski definition) is 1. The maximum absolute atomic E-state index is 3.52. The Bertz CT molecular complexity index is 353. The molecule has 1 aromatic rings. The summed E-state index contributed by atoms with van der Waals surface area (Å²) in [5.74, 6) is 0. The van der Waals surface area contributed by atoms with Crippen LogP contribution in [0.1, 0.15) is 55.3 Å². The van der Waals surface area contributed by atoms with Crippen LogP contribution in [0.15, 0.2) is 12.1 Å². The summed E-state index contributed by atoms with van der Waals surface area (Å²) in [4.78, 5) is 5.83. The van der Waals surface area contributed by atoms with Gasteiger partial charge in [-0.3, -0.25) is 4.90 Å². The monoisotopic (exact) mass is 280 g/mol. The molecule has 0 amide bonds. The lowest BCUT2D eigenvalue weighted by Gasteiger charge is -2.29. The van der Waals surface area contributed by atoms with Crippen LogP contribution in [0.3, 0.4) is 0 Å². The van der Waals surface area contributed by atoms with E-state index in [-0.39, 0.29) is 0 Å². The van der Waals surface area contributed by atoms with Crippen LogP contribution in [-0.2, 0) is 6.42 Å². The molecule has 1 atom stereocenters. The zero-order chi connectivity index (χ0) is 13.5. The van der Waals surface area contributed by atoms with E-state index >= 15 is 0 Å². The molecule has 0 spiro atoms. The maximum Gasteiger partial charge on any atom is 0.0442 e. The molecule has 1 aromatic heterocycles. The van der Waals surface area contributed by atoms with Crippen molar-refractivity contribution in [2.45, 2.75) is 52.0 Å². The first-order valence-electron chi connectivity index (χ1n) is 7.88. The average molecular weight is 280 g/mol. The smallest absolute Gasteiger partial charge is 0.0442 e. The SMILES string of the molecule is CCCCC(c1ccc(CC)s1)N1CCCNCC1. The van der Waals surface area contributed by atoms with E-state index in [0.717, 1.165) is 6.54 Å². The van der Waals surface area contributed by atoms with Gasteiger partial charge < -0.3 is 5.32 Å². The van der Waals surface area contributed by atoms with Crippen molar-refractivity contribution in [3.63, 3.8) is 0 Å². The van der Waals surface area contributed by atoms with Crippen LogP contribution >= 0.6 is 11.3 Å². The zero-order valence-electron chi connectivity index (χ0n) is 12.5. The summed E-state index contributed by atoms with van der Waals surface area (Å²) in [7, 11) is 0. The van der Waals surface area contributed by atoms with E-state index in [0.29, 0.717) is 6.04 Å². The summed E-state index contributed by atoms with van der Waals surface area (Å²) in [6.07, 6.45) is 6.42. The van der Waals surface area contributed by atoms with Crippen molar-refractivity contribution in [2.24, 2.45) is 0 Å². The normalized spacial score (nSPS) is 19.3. The summed E-state index contributed by atoms with van der Waals surface area (Å²) in [6, 6.07) is 5.36. The molecule has 0 aliphatic carbocycles. The molecule has 108 valence electrons. The van der Waals surface area contributed by atoms with Crippen LogP contribution in [0, 0.1) is 0 Å². The van der Waals surface area contributed by atoms with Crippen molar-refractivity contribution in [3.8, 4) is 0 Å². The van der Waals surface area contributed by atoms with Gasteiger partial charge in [-0.15, -0.1) is 11.3 Å². The van der Waals surface area contributed by atoms with Crippen LogP contribution in [0.4, 0.5) is 0 Å². The Balaban J connectivity index is 2.08. The predicted molar refractivity (Wildman–Crippen MR) is 85.0 cm³/mol. The summed E-state index contributed by atoms with van der Waals surface area (Å²) in [5, 5.41) is 3.52. The van der Waals surface area contributed by atoms with Gasteiger partial charge in [0.2, 0.25) is 0 Å². The number of unbranched alkanes of at least 4 members (excludes halogenated alkanes) is 1. The summed E-state index contributed by atoms with van der Waals surface area (Å²) >= 11 is 2.03. The third kappa shape index (κ3) is 4.30. The van der Waals surface area contributed by atoms with Crippen LogP contribution in [0.5, 0.6) is 0 Å². The Morgan fingerprint density at radius 3 is 2.89 bits per heavy atom. The topological polar surface area (TPSA) is 15.3 Å². The summed E-state index contributed by atoms with van der Waals surface area (Å²) in [6.45, 7) is 9.34. The first kappa shape index (κ1) is 15.0. The molecule has 1 N–H and O–H groups in total. The van der Waals surface area contributed by atoms with Gasteiger partial charge in [0.1, 0.15) is 0 Å². The highest BCUT2D eigenvalue weighted by atomic mass is 32.1. The largest absolute Gasteiger partial charge is 0.315 e. The van der Waals surface area contributed by atoms with Crippen LogP contribution in [0.25, 0.3) is 0 Å². The van der Waals surface area contributed by atoms with Gasteiger partial charge in [0, 0.05) is 35.4 Å². The molecule has 19 heavy (non-hydrogen) atoms. The highest BCUT2D eigenvalue weighted by Crippen LogP contribution is 2.32. The Labute approximate surface area is 122 Å². The molecule has 1 fully saturated rings. The quantitative estimate of drug-likeness (QED) is 0.852. The predicted octanol–water partition coefficient (Wildman–Crippen LogP) is 3.84. The highest BCUT2D eigenvalue weighted by molar-refractivity contribution is 7.12. The molecule has 2 nitrogen and oxygen atoms in total. The molecule has 1 unspecified atom stereocenters. The molecule has 0 aromatic carbocycles. The van der Waals surface area contributed by atoms with Crippen molar-refractivity contribution in [1.29, 1.82) is 0 Å². The number of nitrogens with zero attached hydrogens (tertiary/aromatic N) is 1. The average Bonchev–Trinajstić information content (AvgIpc) is 2.74. The van der Waals surface area contributed by atoms with Crippen LogP contribution < -0.4 is 5.32 Å². The minimum atomic E-state index is 0.658. The van der Waals surface area contributed by atoms with Crippen molar-refractivity contribution >= 4 is 11.3 Å². The lowest BCUT2D eigenvalue weighted by molar-refractivity contribution is 0.200. The van der Waals surface area contributed by atoms with Crippen molar-refractivity contribution in [1.82, 2.24) is 10.2 Å². The number of hydrogen-bond acceptors (Lipinski definition) is 3. The van der Waals surface area contributed by atoms with E-state index < -0.39 is 0 Å². The molecule has 1 saturated heterocycles. The molecule has 1 aliphatic rings. The fourth-order valence-corrected chi connectivity index (χ4v) is 3.97.